The monoisotopic (exact) mass is 364 g/mol. The van der Waals surface area contributed by atoms with Gasteiger partial charge in [0.05, 0.1) is 11.8 Å². The summed E-state index contributed by atoms with van der Waals surface area (Å²) in [5, 5.41) is 2.91. The molecule has 5 heteroatoms. The Morgan fingerprint density at radius 2 is 1.70 bits per heavy atom. The first-order valence-corrected chi connectivity index (χ1v) is 9.86. The molecule has 1 N–H and O–H groups in total. The minimum Gasteiger partial charge on any atom is -0.326 e. The van der Waals surface area contributed by atoms with Gasteiger partial charge in [0.25, 0.3) is 0 Å². The van der Waals surface area contributed by atoms with Gasteiger partial charge >= 0.3 is 0 Å². The van der Waals surface area contributed by atoms with Crippen molar-refractivity contribution in [2.45, 2.75) is 26.7 Å². The zero-order valence-corrected chi connectivity index (χ0v) is 15.6. The lowest BCUT2D eigenvalue weighted by Gasteiger charge is -2.37. The first-order valence-electron chi connectivity index (χ1n) is 9.86. The zero-order valence-electron chi connectivity index (χ0n) is 15.6. The number of rotatable bonds is 4. The lowest BCUT2D eigenvalue weighted by molar-refractivity contribution is -0.140. The Kier molecular flexibility index (Phi) is 3.58. The minimum atomic E-state index is -0.182. The molecule has 1 aliphatic heterocycles. The second kappa shape index (κ2) is 5.78. The largest absolute Gasteiger partial charge is 0.326 e. The van der Waals surface area contributed by atoms with Crippen LogP contribution in [0.2, 0.25) is 0 Å². The molecule has 0 aromatic heterocycles. The highest BCUT2D eigenvalue weighted by Gasteiger charge is 2.66. The Labute approximate surface area is 158 Å². The van der Waals surface area contributed by atoms with Gasteiger partial charge in [0, 0.05) is 18.7 Å². The van der Waals surface area contributed by atoms with Gasteiger partial charge in [-0.1, -0.05) is 24.3 Å². The van der Waals surface area contributed by atoms with Crippen molar-refractivity contribution >= 4 is 23.4 Å². The molecule has 5 aliphatic rings. The van der Waals surface area contributed by atoms with Crippen molar-refractivity contribution in [3.8, 4) is 0 Å². The summed E-state index contributed by atoms with van der Waals surface area (Å²) in [6, 6.07) is 5.90. The van der Waals surface area contributed by atoms with Crippen LogP contribution in [0.15, 0.2) is 30.4 Å². The van der Waals surface area contributed by atoms with Crippen molar-refractivity contribution < 1.29 is 14.4 Å². The molecule has 0 radical (unpaired) electrons. The molecule has 2 bridgehead atoms. The number of carbonyl (C=O) groups excluding carboxylic acids is 3. The summed E-state index contributed by atoms with van der Waals surface area (Å²) >= 11 is 0. The molecule has 6 atom stereocenters. The lowest BCUT2D eigenvalue weighted by Crippen LogP contribution is -2.40. The van der Waals surface area contributed by atoms with Crippen LogP contribution < -0.4 is 5.32 Å². The molecule has 27 heavy (non-hydrogen) atoms. The van der Waals surface area contributed by atoms with Crippen LogP contribution in [0.5, 0.6) is 0 Å². The fraction of sp³-hybridized carbons (Fsp3) is 0.500. The molecule has 1 heterocycles. The third-order valence-electron chi connectivity index (χ3n) is 6.98. The van der Waals surface area contributed by atoms with E-state index in [9.17, 15) is 14.4 Å². The second-order valence-corrected chi connectivity index (χ2v) is 8.60. The van der Waals surface area contributed by atoms with Gasteiger partial charge in [-0.3, -0.25) is 19.3 Å². The second-order valence-electron chi connectivity index (χ2n) is 8.60. The number of nitrogens with zero attached hydrogens (tertiary/aromatic N) is 1. The van der Waals surface area contributed by atoms with Crippen LogP contribution in [-0.4, -0.2) is 29.2 Å². The van der Waals surface area contributed by atoms with Crippen molar-refractivity contribution in [2.75, 3.05) is 11.9 Å². The number of carbonyl (C=O) groups is 3. The van der Waals surface area contributed by atoms with E-state index >= 15 is 0 Å². The fourth-order valence-corrected chi connectivity index (χ4v) is 5.54. The third-order valence-corrected chi connectivity index (χ3v) is 6.98. The average Bonchev–Trinajstić information content (AvgIpc) is 3.42. The van der Waals surface area contributed by atoms with E-state index in [1.54, 1.807) is 0 Å². The molecule has 0 unspecified atom stereocenters. The topological polar surface area (TPSA) is 66.5 Å². The molecule has 4 aliphatic carbocycles. The van der Waals surface area contributed by atoms with Crippen molar-refractivity contribution in [1.29, 1.82) is 0 Å². The maximum Gasteiger partial charge on any atom is 0.233 e. The van der Waals surface area contributed by atoms with Crippen LogP contribution in [-0.2, 0) is 14.4 Å². The van der Waals surface area contributed by atoms with E-state index in [0.717, 1.165) is 23.2 Å². The van der Waals surface area contributed by atoms with Gasteiger partial charge in [0.2, 0.25) is 17.7 Å². The van der Waals surface area contributed by atoms with Crippen LogP contribution in [0.25, 0.3) is 0 Å². The number of benzene rings is 1. The standard InChI is InChI=1S/C22H24N2O3/c1-11-3-4-12(2)17(9-11)23-18(25)7-8-24-21(26)19-13-5-6-14(16-10-15(13)16)20(19)22(24)27/h3-6,9,13-16,19-20H,7-8,10H2,1-2H3,(H,23,25)/t13-,14+,15-,16-,19+,20+/m1/s1. The molecule has 0 spiro atoms. The predicted molar refractivity (Wildman–Crippen MR) is 101 cm³/mol. The maximum absolute atomic E-state index is 12.9. The summed E-state index contributed by atoms with van der Waals surface area (Å²) < 4.78 is 0. The van der Waals surface area contributed by atoms with Crippen LogP contribution in [0.1, 0.15) is 24.0 Å². The maximum atomic E-state index is 12.9. The van der Waals surface area contributed by atoms with Crippen molar-refractivity contribution in [2.24, 2.45) is 35.5 Å². The molecule has 1 saturated heterocycles. The van der Waals surface area contributed by atoms with Gasteiger partial charge in [0.1, 0.15) is 0 Å². The van der Waals surface area contributed by atoms with Crippen LogP contribution in [0.4, 0.5) is 5.69 Å². The molecule has 1 aromatic carbocycles. The highest BCUT2D eigenvalue weighted by Crippen LogP contribution is 2.65. The Morgan fingerprint density at radius 1 is 1.07 bits per heavy atom. The Hall–Kier alpha value is -2.43. The number of nitrogens with one attached hydrogen (secondary N) is 1. The molecule has 3 fully saturated rings. The van der Waals surface area contributed by atoms with Crippen molar-refractivity contribution in [1.82, 2.24) is 4.90 Å². The van der Waals surface area contributed by atoms with E-state index < -0.39 is 0 Å². The number of allylic oxidation sites excluding steroid dienone is 2. The number of hydrogen-bond donors (Lipinski definition) is 1. The molecular formula is C22H24N2O3. The van der Waals surface area contributed by atoms with Crippen LogP contribution >= 0.6 is 0 Å². The summed E-state index contributed by atoms with van der Waals surface area (Å²) in [6.45, 7) is 4.10. The van der Waals surface area contributed by atoms with E-state index in [0.29, 0.717) is 11.8 Å². The number of likely N-dealkylation sites (tertiary alicyclic amines) is 1. The molecule has 6 rings (SSSR count). The number of imide groups is 1. The molecular weight excluding hydrogens is 340 g/mol. The summed E-state index contributed by atoms with van der Waals surface area (Å²) in [4.78, 5) is 39.6. The first kappa shape index (κ1) is 16.7. The van der Waals surface area contributed by atoms with Crippen LogP contribution in [0, 0.1) is 49.4 Å². The van der Waals surface area contributed by atoms with E-state index in [1.165, 1.54) is 4.90 Å². The van der Waals surface area contributed by atoms with E-state index in [4.69, 9.17) is 0 Å². The highest BCUT2D eigenvalue weighted by atomic mass is 16.2. The Bertz CT molecular complexity index is 854. The van der Waals surface area contributed by atoms with Gasteiger partial charge in [-0.05, 0) is 61.1 Å². The highest BCUT2D eigenvalue weighted by molar-refractivity contribution is 6.06. The Morgan fingerprint density at radius 3 is 2.33 bits per heavy atom. The predicted octanol–water partition coefficient (Wildman–Crippen LogP) is 2.69. The fourth-order valence-electron chi connectivity index (χ4n) is 5.54. The number of anilines is 1. The SMILES string of the molecule is Cc1ccc(C)c(NC(=O)CCN2C(=O)[C@H]3[C@@H]4C=C[C@@H]([C@H]5C[C@H]45)[C@@H]3C2=O)c1. The van der Waals surface area contributed by atoms with Gasteiger partial charge in [0.15, 0.2) is 0 Å². The smallest absolute Gasteiger partial charge is 0.233 e. The summed E-state index contributed by atoms with van der Waals surface area (Å²) in [7, 11) is 0. The van der Waals surface area contributed by atoms with Gasteiger partial charge in [-0.25, -0.2) is 0 Å². The average molecular weight is 364 g/mol. The normalized spacial score (nSPS) is 35.3. The van der Waals surface area contributed by atoms with Gasteiger partial charge < -0.3 is 5.32 Å². The summed E-state index contributed by atoms with van der Waals surface area (Å²) in [5.41, 5.74) is 2.86. The van der Waals surface area contributed by atoms with Crippen molar-refractivity contribution in [3.05, 3.63) is 41.5 Å². The molecule has 5 nitrogen and oxygen atoms in total. The van der Waals surface area contributed by atoms with E-state index in [1.807, 2.05) is 32.0 Å². The van der Waals surface area contributed by atoms with E-state index in [2.05, 4.69) is 17.5 Å². The summed E-state index contributed by atoms with van der Waals surface area (Å²) in [5.74, 6) is 1.02. The van der Waals surface area contributed by atoms with Crippen LogP contribution in [0.3, 0.4) is 0 Å². The molecule has 3 amide bonds. The van der Waals surface area contributed by atoms with Gasteiger partial charge in [-0.15, -0.1) is 0 Å². The van der Waals surface area contributed by atoms with E-state index in [-0.39, 0.29) is 54.4 Å². The Balaban J connectivity index is 1.26. The number of hydrogen-bond acceptors (Lipinski definition) is 3. The molecule has 2 saturated carbocycles. The third kappa shape index (κ3) is 2.47. The quantitative estimate of drug-likeness (QED) is 0.660. The summed E-state index contributed by atoms with van der Waals surface area (Å²) in [6.07, 6.45) is 5.64. The number of amides is 3. The molecule has 140 valence electrons. The number of aryl methyl sites for hydroxylation is 2. The first-order chi connectivity index (χ1) is 13.0. The molecule has 1 aromatic rings. The van der Waals surface area contributed by atoms with Crippen molar-refractivity contribution in [3.63, 3.8) is 0 Å². The minimum absolute atomic E-state index is 0.0609. The van der Waals surface area contributed by atoms with Gasteiger partial charge in [-0.2, -0.15) is 0 Å². The lowest BCUT2D eigenvalue weighted by atomic mass is 9.63. The zero-order chi connectivity index (χ0) is 18.9.